The second-order valence-corrected chi connectivity index (χ2v) is 7.76. The van der Waals surface area contributed by atoms with E-state index in [2.05, 4.69) is 10.4 Å². The molecule has 0 radical (unpaired) electrons. The number of fused-ring (bicyclic) bond motifs is 1. The van der Waals surface area contributed by atoms with E-state index in [4.69, 9.17) is 4.74 Å². The normalized spacial score (nSPS) is 13.8. The molecule has 29 heavy (non-hydrogen) atoms. The molecule has 0 unspecified atom stereocenters. The highest BCUT2D eigenvalue weighted by atomic mass is 16.5. The quantitative estimate of drug-likeness (QED) is 0.639. The zero-order valence-corrected chi connectivity index (χ0v) is 16.5. The minimum absolute atomic E-state index is 0.0722. The topological polar surface area (TPSA) is 97.9 Å². The second-order valence-electron chi connectivity index (χ2n) is 7.76. The molecule has 8 nitrogen and oxygen atoms in total. The number of rotatable bonds is 7. The monoisotopic (exact) mass is 396 g/mol. The molecule has 8 heteroatoms. The second kappa shape index (κ2) is 7.62. The fourth-order valence-corrected chi connectivity index (χ4v) is 3.25. The highest BCUT2D eigenvalue weighted by Gasteiger charge is 2.30. The lowest BCUT2D eigenvalue weighted by atomic mass is 10.2. The fraction of sp³-hybridized carbons (Fsp3) is 0.381. The van der Waals surface area contributed by atoms with Gasteiger partial charge in [-0.25, -0.2) is 0 Å². The van der Waals surface area contributed by atoms with E-state index in [0.717, 1.165) is 12.8 Å². The molecule has 2 aromatic heterocycles. The number of nitrogens with zero attached hydrogens (tertiary/aromatic N) is 3. The first kappa shape index (κ1) is 19.0. The van der Waals surface area contributed by atoms with Gasteiger partial charge in [-0.05, 0) is 30.9 Å². The van der Waals surface area contributed by atoms with Crippen molar-refractivity contribution < 1.29 is 14.6 Å². The number of ether oxygens (including phenoxy) is 1. The highest BCUT2D eigenvalue weighted by Crippen LogP contribution is 2.23. The highest BCUT2D eigenvalue weighted by molar-refractivity contribution is 5.96. The van der Waals surface area contributed by atoms with Crippen molar-refractivity contribution in [1.29, 1.82) is 0 Å². The lowest BCUT2D eigenvalue weighted by Crippen LogP contribution is -2.36. The molecule has 4 rings (SSSR count). The zero-order chi connectivity index (χ0) is 20.5. The van der Waals surface area contributed by atoms with Gasteiger partial charge in [0, 0.05) is 12.6 Å². The summed E-state index contributed by atoms with van der Waals surface area (Å²) in [6.45, 7) is 4.53. The number of amides is 1. The summed E-state index contributed by atoms with van der Waals surface area (Å²) in [7, 11) is 0. The molecule has 1 aliphatic rings. The summed E-state index contributed by atoms with van der Waals surface area (Å²) in [4.78, 5) is 25.8. The summed E-state index contributed by atoms with van der Waals surface area (Å²) in [6.07, 6.45) is 3.33. The minimum Gasteiger partial charge on any atom is -0.492 e. The van der Waals surface area contributed by atoms with E-state index >= 15 is 0 Å². The van der Waals surface area contributed by atoms with Crippen LogP contribution in [0.1, 0.15) is 42.6 Å². The Balaban J connectivity index is 1.78. The van der Waals surface area contributed by atoms with Crippen LogP contribution in [0.4, 0.5) is 0 Å². The zero-order valence-electron chi connectivity index (χ0n) is 16.5. The van der Waals surface area contributed by atoms with Gasteiger partial charge in [0.2, 0.25) is 5.88 Å². The Morgan fingerprint density at radius 1 is 1.31 bits per heavy atom. The van der Waals surface area contributed by atoms with Crippen molar-refractivity contribution in [3.8, 4) is 11.6 Å². The van der Waals surface area contributed by atoms with Crippen LogP contribution in [0.15, 0.2) is 41.3 Å². The van der Waals surface area contributed by atoms with Crippen molar-refractivity contribution in [2.45, 2.75) is 45.9 Å². The van der Waals surface area contributed by atoms with Crippen LogP contribution >= 0.6 is 0 Å². The summed E-state index contributed by atoms with van der Waals surface area (Å²) in [5.41, 5.74) is 0.281. The maximum atomic E-state index is 13.2. The summed E-state index contributed by atoms with van der Waals surface area (Å²) < 4.78 is 8.56. The van der Waals surface area contributed by atoms with Crippen molar-refractivity contribution in [3.63, 3.8) is 0 Å². The molecule has 0 spiro atoms. The van der Waals surface area contributed by atoms with Crippen LogP contribution in [0, 0.1) is 5.92 Å². The van der Waals surface area contributed by atoms with Crippen molar-refractivity contribution in [1.82, 2.24) is 19.5 Å². The number of para-hydroxylation sites is 1. The smallest absolute Gasteiger partial charge is 0.270 e. The molecule has 1 aliphatic carbocycles. The molecule has 152 valence electrons. The van der Waals surface area contributed by atoms with Crippen LogP contribution < -0.4 is 15.6 Å². The van der Waals surface area contributed by atoms with Crippen LogP contribution in [0.3, 0.4) is 0 Å². The van der Waals surface area contributed by atoms with Gasteiger partial charge >= 0.3 is 0 Å². The van der Waals surface area contributed by atoms with Gasteiger partial charge in [0.05, 0.1) is 11.8 Å². The molecule has 0 bridgehead atoms. The van der Waals surface area contributed by atoms with Crippen molar-refractivity contribution in [3.05, 3.63) is 58.0 Å². The van der Waals surface area contributed by atoms with Crippen molar-refractivity contribution in [2.75, 3.05) is 0 Å². The van der Waals surface area contributed by atoms with E-state index in [1.54, 1.807) is 6.20 Å². The molecule has 0 saturated heterocycles. The summed E-state index contributed by atoms with van der Waals surface area (Å²) >= 11 is 0. The summed E-state index contributed by atoms with van der Waals surface area (Å²) in [5, 5.41) is 17.7. The number of carbonyl (C=O) groups excluding carboxylic acids is 1. The Labute approximate surface area is 167 Å². The third-order valence-corrected chi connectivity index (χ3v) is 4.78. The van der Waals surface area contributed by atoms with E-state index in [1.807, 2.05) is 44.2 Å². The van der Waals surface area contributed by atoms with Crippen LogP contribution in [0.2, 0.25) is 0 Å². The molecule has 2 heterocycles. The average Bonchev–Trinajstić information content (AvgIpc) is 3.40. The Hall–Kier alpha value is -3.29. The first-order valence-corrected chi connectivity index (χ1v) is 9.76. The van der Waals surface area contributed by atoms with Gasteiger partial charge in [0.1, 0.15) is 18.0 Å². The van der Waals surface area contributed by atoms with Crippen molar-refractivity contribution >= 4 is 11.6 Å². The molecular weight excluding hydrogens is 372 g/mol. The summed E-state index contributed by atoms with van der Waals surface area (Å²) in [5.74, 6) is -0.173. The van der Waals surface area contributed by atoms with Gasteiger partial charge in [-0.2, -0.15) is 9.61 Å². The first-order chi connectivity index (χ1) is 14.0. The molecule has 2 N–H and O–H groups in total. The van der Waals surface area contributed by atoms with E-state index in [0.29, 0.717) is 23.5 Å². The molecule has 1 fully saturated rings. The van der Waals surface area contributed by atoms with E-state index in [-0.39, 0.29) is 24.1 Å². The number of aromatic hydroxyl groups is 1. The first-order valence-electron chi connectivity index (χ1n) is 9.76. The molecular formula is C21H24N4O4. The minimum atomic E-state index is -0.563. The number of nitrogens with one attached hydrogen (secondary N) is 1. The molecule has 1 aromatic carbocycles. The van der Waals surface area contributed by atoms with Gasteiger partial charge in [-0.3, -0.25) is 14.2 Å². The summed E-state index contributed by atoms with van der Waals surface area (Å²) in [6, 6.07) is 9.39. The Morgan fingerprint density at radius 3 is 2.69 bits per heavy atom. The van der Waals surface area contributed by atoms with Gasteiger partial charge in [0.25, 0.3) is 11.5 Å². The van der Waals surface area contributed by atoms with Gasteiger partial charge in [-0.1, -0.05) is 32.0 Å². The molecule has 1 amide bonds. The van der Waals surface area contributed by atoms with Crippen molar-refractivity contribution in [2.24, 2.45) is 5.92 Å². The SMILES string of the molecule is CC(C)Cn1c(=O)c(C(=O)NC2CC2)c(O)n2ncc(COc3ccccc3)c12. The number of aromatic nitrogens is 3. The third-order valence-electron chi connectivity index (χ3n) is 4.78. The molecule has 0 aliphatic heterocycles. The molecule has 1 saturated carbocycles. The number of benzene rings is 1. The maximum absolute atomic E-state index is 13.2. The number of carbonyl (C=O) groups is 1. The largest absolute Gasteiger partial charge is 0.492 e. The van der Waals surface area contributed by atoms with E-state index in [9.17, 15) is 14.7 Å². The van der Waals surface area contributed by atoms with Crippen LogP contribution in [-0.2, 0) is 13.2 Å². The molecule has 3 aromatic rings. The Morgan fingerprint density at radius 2 is 2.03 bits per heavy atom. The van der Waals surface area contributed by atoms with Gasteiger partial charge < -0.3 is 15.2 Å². The van der Waals surface area contributed by atoms with E-state index < -0.39 is 17.3 Å². The third kappa shape index (κ3) is 3.83. The fourth-order valence-electron chi connectivity index (χ4n) is 3.25. The van der Waals surface area contributed by atoms with Crippen LogP contribution in [-0.4, -0.2) is 31.2 Å². The lowest BCUT2D eigenvalue weighted by molar-refractivity contribution is 0.0944. The lowest BCUT2D eigenvalue weighted by Gasteiger charge is -2.16. The average molecular weight is 396 g/mol. The maximum Gasteiger partial charge on any atom is 0.270 e. The predicted molar refractivity (Wildman–Crippen MR) is 107 cm³/mol. The Bertz CT molecular complexity index is 1100. The molecule has 0 atom stereocenters. The number of hydrogen-bond donors (Lipinski definition) is 2. The van der Waals surface area contributed by atoms with Gasteiger partial charge in [-0.15, -0.1) is 0 Å². The predicted octanol–water partition coefficient (Wildman–Crippen LogP) is 2.33. The van der Waals surface area contributed by atoms with Crippen LogP contribution in [0.25, 0.3) is 5.65 Å². The van der Waals surface area contributed by atoms with E-state index in [1.165, 1.54) is 9.08 Å². The van der Waals surface area contributed by atoms with Gasteiger partial charge in [0.15, 0.2) is 5.56 Å². The van der Waals surface area contributed by atoms with Crippen LogP contribution in [0.5, 0.6) is 11.6 Å². The number of hydrogen-bond acceptors (Lipinski definition) is 5. The standard InChI is InChI=1S/C21H24N4O4/c1-13(2)11-24-19-14(12-29-16-6-4-3-5-7-16)10-22-25(19)21(28)17(20(24)27)18(26)23-15-8-9-15/h3-7,10,13,15,28H,8-9,11-12H2,1-2H3,(H,23,26). The Kier molecular flexibility index (Phi) is 5.00.